The summed E-state index contributed by atoms with van der Waals surface area (Å²) in [6, 6.07) is 6.72. The predicted molar refractivity (Wildman–Crippen MR) is 92.7 cm³/mol. The highest BCUT2D eigenvalue weighted by Gasteiger charge is 2.43. The number of ketones is 1. The summed E-state index contributed by atoms with van der Waals surface area (Å²) >= 11 is 6.20. The van der Waals surface area contributed by atoms with Crippen molar-refractivity contribution in [2.75, 3.05) is 0 Å². The maximum atomic E-state index is 12.7. The Labute approximate surface area is 155 Å². The zero-order valence-corrected chi connectivity index (χ0v) is 15.4. The number of hydrogen-bond donors (Lipinski definition) is 0. The lowest BCUT2D eigenvalue weighted by Gasteiger charge is -2.32. The van der Waals surface area contributed by atoms with Gasteiger partial charge in [-0.2, -0.15) is 0 Å². The number of halogens is 1. The van der Waals surface area contributed by atoms with Gasteiger partial charge in [-0.05, 0) is 30.7 Å². The van der Waals surface area contributed by atoms with E-state index in [4.69, 9.17) is 21.1 Å². The van der Waals surface area contributed by atoms with Crippen LogP contribution < -0.4 is 0 Å². The summed E-state index contributed by atoms with van der Waals surface area (Å²) in [4.78, 5) is 36.9. The third kappa shape index (κ3) is 3.39. The van der Waals surface area contributed by atoms with E-state index >= 15 is 0 Å². The third-order valence-corrected chi connectivity index (χ3v) is 4.57. The average molecular weight is 379 g/mol. The fourth-order valence-electron chi connectivity index (χ4n) is 2.93. The van der Waals surface area contributed by atoms with Crippen LogP contribution in [0.4, 0.5) is 0 Å². The Kier molecular flexibility index (Phi) is 4.66. The molecular weight excluding hydrogens is 360 g/mol. The first-order chi connectivity index (χ1) is 12.2. The minimum absolute atomic E-state index is 0.121. The van der Waals surface area contributed by atoms with E-state index in [9.17, 15) is 14.4 Å². The Bertz CT molecular complexity index is 860. The molecule has 0 aromatic carbocycles. The van der Waals surface area contributed by atoms with E-state index in [0.29, 0.717) is 16.5 Å². The average Bonchev–Trinajstić information content (AvgIpc) is 3.11. The van der Waals surface area contributed by atoms with Crippen LogP contribution in [0.25, 0.3) is 0 Å². The maximum absolute atomic E-state index is 12.7. The highest BCUT2D eigenvalue weighted by atomic mass is 35.5. The van der Waals surface area contributed by atoms with Crippen LogP contribution in [0.5, 0.6) is 0 Å². The van der Waals surface area contributed by atoms with Gasteiger partial charge in [0.05, 0.1) is 11.4 Å². The summed E-state index contributed by atoms with van der Waals surface area (Å²) in [5, 5.41) is 0.348. The molecule has 1 aliphatic rings. The second kappa shape index (κ2) is 6.64. The molecule has 0 atom stereocenters. The molecule has 0 spiro atoms. The number of aryl methyl sites for hydroxylation is 1. The Balaban J connectivity index is 1.78. The van der Waals surface area contributed by atoms with Crippen LogP contribution in [0.15, 0.2) is 30.5 Å². The van der Waals surface area contributed by atoms with E-state index in [2.05, 4.69) is 0 Å². The highest BCUT2D eigenvalue weighted by molar-refractivity contribution is 6.30. The number of carbonyl (C=O) groups excluding carboxylic acids is 3. The van der Waals surface area contributed by atoms with E-state index in [1.54, 1.807) is 46.6 Å². The second-order valence-corrected chi connectivity index (χ2v) is 7.00. The summed E-state index contributed by atoms with van der Waals surface area (Å²) in [7, 11) is 1.78. The van der Waals surface area contributed by atoms with Crippen molar-refractivity contribution in [2.45, 2.75) is 32.6 Å². The van der Waals surface area contributed by atoms with E-state index in [-0.39, 0.29) is 18.7 Å². The largest absolute Gasteiger partial charge is 0.422 e. The van der Waals surface area contributed by atoms with E-state index in [1.165, 1.54) is 13.8 Å². The van der Waals surface area contributed by atoms with Gasteiger partial charge in [-0.15, -0.1) is 0 Å². The van der Waals surface area contributed by atoms with Gasteiger partial charge in [0.2, 0.25) is 5.78 Å². The standard InChI is InChI=1S/C18H19ClN2O5/c1-18(2)25-16(23)11(17(24)26-18)8-10-21-13(6-7-14(21)19)15(22)12-5-4-9-20(12)3/h4-7,9,11H,8,10H2,1-3H3. The van der Waals surface area contributed by atoms with Gasteiger partial charge >= 0.3 is 11.9 Å². The SMILES string of the molecule is Cn1cccc1C(=O)c1ccc(Cl)n1CCC1C(=O)OC(C)(C)OC1=O. The molecule has 7 nitrogen and oxygen atoms in total. The lowest BCUT2D eigenvalue weighted by atomic mass is 10.0. The van der Waals surface area contributed by atoms with Crippen molar-refractivity contribution in [1.29, 1.82) is 0 Å². The van der Waals surface area contributed by atoms with Crippen LogP contribution in [-0.4, -0.2) is 32.6 Å². The fraction of sp³-hybridized carbons (Fsp3) is 0.389. The normalized spacial score (nSPS) is 17.1. The van der Waals surface area contributed by atoms with Crippen LogP contribution in [0.2, 0.25) is 5.15 Å². The maximum Gasteiger partial charge on any atom is 0.323 e. The molecule has 3 heterocycles. The van der Waals surface area contributed by atoms with Gasteiger partial charge in [0.15, 0.2) is 5.92 Å². The fourth-order valence-corrected chi connectivity index (χ4v) is 3.17. The number of aromatic nitrogens is 2. The quantitative estimate of drug-likeness (QED) is 0.454. The number of nitrogens with zero attached hydrogens (tertiary/aromatic N) is 2. The Morgan fingerprint density at radius 2 is 1.81 bits per heavy atom. The van der Waals surface area contributed by atoms with Crippen molar-refractivity contribution in [3.63, 3.8) is 0 Å². The van der Waals surface area contributed by atoms with Crippen molar-refractivity contribution in [3.8, 4) is 0 Å². The monoisotopic (exact) mass is 378 g/mol. The molecule has 0 radical (unpaired) electrons. The topological polar surface area (TPSA) is 79.5 Å². The molecule has 2 aromatic rings. The summed E-state index contributed by atoms with van der Waals surface area (Å²) in [5.74, 6) is -3.77. The first-order valence-electron chi connectivity index (χ1n) is 8.16. The molecule has 26 heavy (non-hydrogen) atoms. The molecule has 0 saturated carbocycles. The minimum Gasteiger partial charge on any atom is -0.422 e. The van der Waals surface area contributed by atoms with Gasteiger partial charge in [-0.25, -0.2) is 0 Å². The van der Waals surface area contributed by atoms with Crippen molar-refractivity contribution in [3.05, 3.63) is 47.0 Å². The molecule has 1 fully saturated rings. The molecule has 2 aromatic heterocycles. The Morgan fingerprint density at radius 3 is 2.38 bits per heavy atom. The molecule has 0 unspecified atom stereocenters. The van der Waals surface area contributed by atoms with Gasteiger partial charge < -0.3 is 18.6 Å². The molecule has 0 N–H and O–H groups in total. The van der Waals surface area contributed by atoms with Crippen LogP contribution >= 0.6 is 11.6 Å². The molecule has 0 aliphatic carbocycles. The number of hydrogen-bond acceptors (Lipinski definition) is 5. The summed E-state index contributed by atoms with van der Waals surface area (Å²) < 4.78 is 13.5. The molecular formula is C18H19ClN2O5. The first-order valence-corrected chi connectivity index (χ1v) is 8.54. The molecule has 0 bridgehead atoms. The molecule has 138 valence electrons. The van der Waals surface area contributed by atoms with E-state index in [0.717, 1.165) is 0 Å². The molecule has 3 rings (SSSR count). The second-order valence-electron chi connectivity index (χ2n) is 6.61. The zero-order chi connectivity index (χ0) is 19.1. The first kappa shape index (κ1) is 18.3. The molecule has 0 amide bonds. The van der Waals surface area contributed by atoms with Crippen molar-refractivity contribution in [2.24, 2.45) is 13.0 Å². The lowest BCUT2D eigenvalue weighted by molar-refractivity contribution is -0.240. The van der Waals surface area contributed by atoms with Gasteiger partial charge in [0, 0.05) is 33.6 Å². The zero-order valence-electron chi connectivity index (χ0n) is 14.7. The highest BCUT2D eigenvalue weighted by Crippen LogP contribution is 2.27. The number of esters is 2. The van der Waals surface area contributed by atoms with Crippen LogP contribution in [-0.2, 0) is 32.7 Å². The van der Waals surface area contributed by atoms with Gasteiger partial charge in [-0.3, -0.25) is 14.4 Å². The summed E-state index contributed by atoms with van der Waals surface area (Å²) in [6.45, 7) is 3.20. The minimum atomic E-state index is -1.26. The van der Waals surface area contributed by atoms with Crippen molar-refractivity contribution in [1.82, 2.24) is 9.13 Å². The van der Waals surface area contributed by atoms with Crippen LogP contribution in [0.3, 0.4) is 0 Å². The predicted octanol–water partition coefficient (Wildman–Crippen LogP) is 2.55. The lowest BCUT2D eigenvalue weighted by Crippen LogP contribution is -2.46. The molecule has 1 saturated heterocycles. The van der Waals surface area contributed by atoms with Crippen molar-refractivity contribution >= 4 is 29.3 Å². The Hall–Kier alpha value is -2.54. The number of rotatable bonds is 5. The van der Waals surface area contributed by atoms with Gasteiger partial charge in [0.1, 0.15) is 5.15 Å². The number of ether oxygens (including phenoxy) is 2. The summed E-state index contributed by atoms with van der Waals surface area (Å²) in [5.41, 5.74) is 0.897. The third-order valence-electron chi connectivity index (χ3n) is 4.24. The number of carbonyl (C=O) groups is 3. The van der Waals surface area contributed by atoms with Gasteiger partial charge in [0.25, 0.3) is 5.79 Å². The molecule has 8 heteroatoms. The number of cyclic esters (lactones) is 2. The van der Waals surface area contributed by atoms with E-state index in [1.807, 2.05) is 0 Å². The molecule has 1 aliphatic heterocycles. The van der Waals surface area contributed by atoms with Crippen molar-refractivity contribution < 1.29 is 23.9 Å². The van der Waals surface area contributed by atoms with Gasteiger partial charge in [-0.1, -0.05) is 11.6 Å². The van der Waals surface area contributed by atoms with Crippen LogP contribution in [0, 0.1) is 5.92 Å². The smallest absolute Gasteiger partial charge is 0.323 e. The van der Waals surface area contributed by atoms with Crippen LogP contribution in [0.1, 0.15) is 36.5 Å². The summed E-state index contributed by atoms with van der Waals surface area (Å²) in [6.07, 6.45) is 1.90. The van der Waals surface area contributed by atoms with E-state index < -0.39 is 23.6 Å². The Morgan fingerprint density at radius 1 is 1.15 bits per heavy atom.